The summed E-state index contributed by atoms with van der Waals surface area (Å²) in [7, 11) is 0. The molecule has 0 saturated heterocycles. The molecule has 0 aliphatic heterocycles. The van der Waals surface area contributed by atoms with E-state index in [-0.39, 0.29) is 11.7 Å². The van der Waals surface area contributed by atoms with E-state index in [4.69, 9.17) is 4.98 Å². The first-order chi connectivity index (χ1) is 13.5. The quantitative estimate of drug-likeness (QED) is 0.595. The van der Waals surface area contributed by atoms with E-state index < -0.39 is 0 Å². The van der Waals surface area contributed by atoms with Gasteiger partial charge in [-0.15, -0.1) is 11.3 Å². The van der Waals surface area contributed by atoms with E-state index in [0.29, 0.717) is 10.6 Å². The number of anilines is 1. The van der Waals surface area contributed by atoms with Gasteiger partial charge in [0.1, 0.15) is 11.1 Å². The molecule has 1 N–H and O–H groups in total. The third kappa shape index (κ3) is 3.52. The highest BCUT2D eigenvalue weighted by Crippen LogP contribution is 2.38. The molecule has 2 aromatic heterocycles. The minimum Gasteiger partial charge on any atom is -0.316 e. The van der Waals surface area contributed by atoms with Crippen molar-refractivity contribution in [1.29, 1.82) is 5.26 Å². The molecule has 0 fully saturated rings. The van der Waals surface area contributed by atoms with Crippen molar-refractivity contribution in [2.45, 2.75) is 45.1 Å². The van der Waals surface area contributed by atoms with Crippen molar-refractivity contribution >= 4 is 44.9 Å². The van der Waals surface area contributed by atoms with E-state index in [1.165, 1.54) is 27.8 Å². The van der Waals surface area contributed by atoms with Gasteiger partial charge in [-0.3, -0.25) is 4.79 Å². The molecule has 0 unspecified atom stereocenters. The molecule has 3 aromatic rings. The number of thioether (sulfide) groups is 1. The number of hydrogen-bond donors (Lipinski definition) is 1. The highest BCUT2D eigenvalue weighted by molar-refractivity contribution is 7.99. The normalized spacial score (nSPS) is 12.8. The van der Waals surface area contributed by atoms with Crippen LogP contribution < -0.4 is 5.32 Å². The second-order valence-corrected chi connectivity index (χ2v) is 9.37. The number of carbonyl (C=O) groups excluding carboxylic acids is 1. The number of carbonyl (C=O) groups is 1. The molecule has 2 heterocycles. The van der Waals surface area contributed by atoms with Crippen LogP contribution in [-0.2, 0) is 17.6 Å². The molecule has 0 bridgehead atoms. The maximum absolute atomic E-state index is 12.5. The summed E-state index contributed by atoms with van der Waals surface area (Å²) in [5.41, 5.74) is 6.33. The van der Waals surface area contributed by atoms with E-state index in [0.717, 1.165) is 46.3 Å². The molecule has 1 amide bonds. The van der Waals surface area contributed by atoms with E-state index in [1.54, 1.807) is 11.3 Å². The van der Waals surface area contributed by atoms with Gasteiger partial charge in [-0.1, -0.05) is 23.4 Å². The lowest BCUT2D eigenvalue weighted by Crippen LogP contribution is -2.14. The standard InChI is InChI=1S/C22H21N3OS2/c1-12-7-14(3)21-16(8-12)13(2)9-20(25-21)27-11-19(26)24-22-17(10-23)15-5-4-6-18(15)28-22/h7-9H,4-6,11H2,1-3H3,(H,24,26). The number of amides is 1. The molecule has 0 saturated carbocycles. The Kier molecular flexibility index (Phi) is 5.13. The topological polar surface area (TPSA) is 65.8 Å². The van der Waals surface area contributed by atoms with Gasteiger partial charge in [-0.25, -0.2) is 4.98 Å². The average molecular weight is 408 g/mol. The van der Waals surface area contributed by atoms with Crippen molar-refractivity contribution in [3.63, 3.8) is 0 Å². The fourth-order valence-corrected chi connectivity index (χ4v) is 5.82. The smallest absolute Gasteiger partial charge is 0.235 e. The third-order valence-corrected chi connectivity index (χ3v) is 7.19. The monoisotopic (exact) mass is 407 g/mol. The molecule has 4 nitrogen and oxygen atoms in total. The summed E-state index contributed by atoms with van der Waals surface area (Å²) in [4.78, 5) is 18.5. The number of nitriles is 1. The van der Waals surface area contributed by atoms with Crippen LogP contribution in [0.4, 0.5) is 5.00 Å². The third-order valence-electron chi connectivity index (χ3n) is 5.07. The molecule has 1 aliphatic rings. The minimum absolute atomic E-state index is 0.0957. The molecule has 142 valence electrons. The maximum Gasteiger partial charge on any atom is 0.235 e. The fourth-order valence-electron chi connectivity index (χ4n) is 3.80. The zero-order chi connectivity index (χ0) is 19.8. The van der Waals surface area contributed by atoms with Gasteiger partial charge < -0.3 is 5.32 Å². The average Bonchev–Trinajstić information content (AvgIpc) is 3.21. The number of nitrogens with one attached hydrogen (secondary N) is 1. The maximum atomic E-state index is 12.5. The summed E-state index contributed by atoms with van der Waals surface area (Å²) in [5.74, 6) is 0.178. The van der Waals surface area contributed by atoms with Crippen LogP contribution in [0.1, 0.15) is 39.1 Å². The van der Waals surface area contributed by atoms with Gasteiger partial charge in [0.05, 0.1) is 21.9 Å². The number of benzene rings is 1. The Morgan fingerprint density at radius 2 is 2.07 bits per heavy atom. The number of nitrogens with zero attached hydrogens (tertiary/aromatic N) is 2. The SMILES string of the molecule is Cc1cc(C)c2nc(SCC(=O)Nc3sc4c(c3C#N)CCC4)cc(C)c2c1. The Labute approximate surface area is 173 Å². The van der Waals surface area contributed by atoms with Gasteiger partial charge in [0, 0.05) is 10.3 Å². The van der Waals surface area contributed by atoms with Crippen molar-refractivity contribution in [2.75, 3.05) is 11.1 Å². The lowest BCUT2D eigenvalue weighted by atomic mass is 10.0. The molecule has 1 aromatic carbocycles. The van der Waals surface area contributed by atoms with Crippen LogP contribution in [-0.4, -0.2) is 16.6 Å². The summed E-state index contributed by atoms with van der Waals surface area (Å²) >= 11 is 2.98. The van der Waals surface area contributed by atoms with Crippen LogP contribution in [0.5, 0.6) is 0 Å². The van der Waals surface area contributed by atoms with Gasteiger partial charge in [0.2, 0.25) is 5.91 Å². The van der Waals surface area contributed by atoms with Crippen LogP contribution in [0.2, 0.25) is 0 Å². The Morgan fingerprint density at radius 1 is 1.25 bits per heavy atom. The Morgan fingerprint density at radius 3 is 2.86 bits per heavy atom. The van der Waals surface area contributed by atoms with Gasteiger partial charge in [0.25, 0.3) is 0 Å². The zero-order valence-corrected chi connectivity index (χ0v) is 17.8. The van der Waals surface area contributed by atoms with Gasteiger partial charge >= 0.3 is 0 Å². The lowest BCUT2D eigenvalue weighted by Gasteiger charge is -2.10. The van der Waals surface area contributed by atoms with Crippen LogP contribution >= 0.6 is 23.1 Å². The summed E-state index contributed by atoms with van der Waals surface area (Å²) in [5, 5.41) is 15.1. The van der Waals surface area contributed by atoms with Crippen molar-refractivity contribution in [2.24, 2.45) is 0 Å². The van der Waals surface area contributed by atoms with Gasteiger partial charge in [-0.05, 0) is 68.9 Å². The van der Waals surface area contributed by atoms with Crippen LogP contribution in [0.25, 0.3) is 10.9 Å². The summed E-state index contributed by atoms with van der Waals surface area (Å²) < 4.78 is 0. The molecule has 0 radical (unpaired) electrons. The molecule has 28 heavy (non-hydrogen) atoms. The number of thiophene rings is 1. The number of pyridine rings is 1. The summed E-state index contributed by atoms with van der Waals surface area (Å²) in [6.07, 6.45) is 3.06. The van der Waals surface area contributed by atoms with Gasteiger partial charge in [-0.2, -0.15) is 5.26 Å². The molecule has 0 atom stereocenters. The Balaban J connectivity index is 1.49. The summed E-state index contributed by atoms with van der Waals surface area (Å²) in [6.45, 7) is 6.25. The first kappa shape index (κ1) is 19.0. The number of rotatable bonds is 4. The number of hydrogen-bond acceptors (Lipinski definition) is 5. The molecule has 0 spiro atoms. The van der Waals surface area contributed by atoms with Crippen LogP contribution in [0.15, 0.2) is 23.2 Å². The number of fused-ring (bicyclic) bond motifs is 2. The molecular weight excluding hydrogens is 386 g/mol. The fraction of sp³-hybridized carbons (Fsp3) is 0.318. The molecule has 4 rings (SSSR count). The van der Waals surface area contributed by atoms with Crippen molar-refractivity contribution in [3.05, 3.63) is 50.9 Å². The number of aromatic nitrogens is 1. The zero-order valence-electron chi connectivity index (χ0n) is 16.2. The van der Waals surface area contributed by atoms with E-state index in [1.807, 2.05) is 6.07 Å². The number of aryl methyl sites for hydroxylation is 4. The second-order valence-electron chi connectivity index (χ2n) is 7.27. The van der Waals surface area contributed by atoms with E-state index in [9.17, 15) is 10.1 Å². The van der Waals surface area contributed by atoms with E-state index >= 15 is 0 Å². The van der Waals surface area contributed by atoms with Crippen molar-refractivity contribution in [3.8, 4) is 6.07 Å². The lowest BCUT2D eigenvalue weighted by molar-refractivity contribution is -0.113. The minimum atomic E-state index is -0.0957. The molecule has 6 heteroatoms. The Bertz CT molecular complexity index is 1140. The second kappa shape index (κ2) is 7.57. The molecular formula is C22H21N3OS2. The van der Waals surface area contributed by atoms with E-state index in [2.05, 4.69) is 44.3 Å². The molecule has 1 aliphatic carbocycles. The van der Waals surface area contributed by atoms with Gasteiger partial charge in [0.15, 0.2) is 0 Å². The van der Waals surface area contributed by atoms with Crippen molar-refractivity contribution in [1.82, 2.24) is 4.98 Å². The Hall–Kier alpha value is -2.36. The highest BCUT2D eigenvalue weighted by atomic mass is 32.2. The highest BCUT2D eigenvalue weighted by Gasteiger charge is 2.23. The first-order valence-electron chi connectivity index (χ1n) is 9.32. The first-order valence-corrected chi connectivity index (χ1v) is 11.1. The summed E-state index contributed by atoms with van der Waals surface area (Å²) in [6, 6.07) is 8.60. The predicted molar refractivity (Wildman–Crippen MR) is 116 cm³/mol. The largest absolute Gasteiger partial charge is 0.316 e. The van der Waals surface area contributed by atoms with Crippen LogP contribution in [0, 0.1) is 32.1 Å². The van der Waals surface area contributed by atoms with Crippen molar-refractivity contribution < 1.29 is 4.79 Å². The predicted octanol–water partition coefficient (Wildman–Crippen LogP) is 5.31. The van der Waals surface area contributed by atoms with Crippen LogP contribution in [0.3, 0.4) is 0 Å².